The van der Waals surface area contributed by atoms with E-state index in [1.165, 1.54) is 25.8 Å². The molecule has 1 saturated heterocycles. The Morgan fingerprint density at radius 1 is 1.44 bits per heavy atom. The molecule has 0 aliphatic carbocycles. The van der Waals surface area contributed by atoms with Gasteiger partial charge in [-0.1, -0.05) is 6.42 Å². The van der Waals surface area contributed by atoms with E-state index in [1.54, 1.807) is 13.8 Å². The Kier molecular flexibility index (Phi) is 6.09. The minimum atomic E-state index is -0.736. The Hall–Kier alpha value is -0.610. The third kappa shape index (κ3) is 4.94. The van der Waals surface area contributed by atoms with Gasteiger partial charge in [0.2, 0.25) is 0 Å². The molecule has 1 rings (SSSR count). The Balaban J connectivity index is 2.10. The molecule has 1 fully saturated rings. The summed E-state index contributed by atoms with van der Waals surface area (Å²) in [6.07, 6.45) is 5.10. The van der Waals surface area contributed by atoms with Crippen molar-refractivity contribution in [2.75, 3.05) is 26.2 Å². The maximum atomic E-state index is 10.9. The van der Waals surface area contributed by atoms with Crippen LogP contribution in [0, 0.1) is 5.41 Å². The van der Waals surface area contributed by atoms with Crippen molar-refractivity contribution in [2.24, 2.45) is 5.41 Å². The van der Waals surface area contributed by atoms with Crippen LogP contribution in [0.5, 0.6) is 0 Å². The lowest BCUT2D eigenvalue weighted by molar-refractivity contribution is -0.146. The van der Waals surface area contributed by atoms with Crippen LogP contribution in [0.1, 0.15) is 46.5 Å². The summed E-state index contributed by atoms with van der Waals surface area (Å²) >= 11 is 0. The van der Waals surface area contributed by atoms with E-state index in [-0.39, 0.29) is 0 Å². The molecule has 0 spiro atoms. The summed E-state index contributed by atoms with van der Waals surface area (Å²) < 4.78 is 0. The zero-order chi connectivity index (χ0) is 13.6. The molecule has 1 aliphatic heterocycles. The van der Waals surface area contributed by atoms with Crippen LogP contribution in [-0.4, -0.2) is 48.2 Å². The first-order valence-corrected chi connectivity index (χ1v) is 7.11. The van der Waals surface area contributed by atoms with Crippen LogP contribution in [0.3, 0.4) is 0 Å². The van der Waals surface area contributed by atoms with E-state index in [0.29, 0.717) is 12.6 Å². The lowest BCUT2D eigenvalue weighted by Gasteiger charge is -2.33. The van der Waals surface area contributed by atoms with Gasteiger partial charge in [-0.25, -0.2) is 0 Å². The van der Waals surface area contributed by atoms with Crippen molar-refractivity contribution < 1.29 is 9.90 Å². The maximum absolute atomic E-state index is 10.9. The standard InChI is InChI=1S/C14H28N2O2/c1-12-7-4-5-9-16(12)10-6-8-15-11-14(2,3)13(17)18/h12,15H,4-11H2,1-3H3,(H,17,18). The number of hydrogen-bond donors (Lipinski definition) is 2. The number of hydrogen-bond acceptors (Lipinski definition) is 3. The summed E-state index contributed by atoms with van der Waals surface area (Å²) in [5.74, 6) is -0.736. The van der Waals surface area contributed by atoms with E-state index in [0.717, 1.165) is 19.5 Å². The first kappa shape index (κ1) is 15.4. The van der Waals surface area contributed by atoms with Crippen molar-refractivity contribution in [2.45, 2.75) is 52.5 Å². The van der Waals surface area contributed by atoms with Gasteiger partial charge in [0, 0.05) is 12.6 Å². The fourth-order valence-electron chi connectivity index (χ4n) is 2.37. The maximum Gasteiger partial charge on any atom is 0.310 e. The summed E-state index contributed by atoms with van der Waals surface area (Å²) in [5.41, 5.74) is -0.668. The predicted molar refractivity (Wildman–Crippen MR) is 73.8 cm³/mol. The van der Waals surface area contributed by atoms with Crippen molar-refractivity contribution >= 4 is 5.97 Å². The van der Waals surface area contributed by atoms with Crippen molar-refractivity contribution in [3.05, 3.63) is 0 Å². The molecule has 0 aromatic rings. The number of rotatable bonds is 7. The van der Waals surface area contributed by atoms with Crippen LogP contribution in [0.25, 0.3) is 0 Å². The van der Waals surface area contributed by atoms with Crippen molar-refractivity contribution in [3.8, 4) is 0 Å². The molecule has 106 valence electrons. The Labute approximate surface area is 111 Å². The third-order valence-electron chi connectivity index (χ3n) is 3.89. The molecule has 1 atom stereocenters. The van der Waals surface area contributed by atoms with Crippen molar-refractivity contribution in [1.29, 1.82) is 0 Å². The van der Waals surface area contributed by atoms with Crippen molar-refractivity contribution in [1.82, 2.24) is 10.2 Å². The van der Waals surface area contributed by atoms with Gasteiger partial charge in [0.05, 0.1) is 5.41 Å². The van der Waals surface area contributed by atoms with Gasteiger partial charge < -0.3 is 15.3 Å². The van der Waals surface area contributed by atoms with Gasteiger partial charge in [-0.3, -0.25) is 4.79 Å². The fraction of sp³-hybridized carbons (Fsp3) is 0.929. The highest BCUT2D eigenvalue weighted by molar-refractivity contribution is 5.73. The number of aliphatic carboxylic acids is 1. The van der Waals surface area contributed by atoms with Crippen LogP contribution < -0.4 is 5.32 Å². The molecule has 4 heteroatoms. The molecule has 1 unspecified atom stereocenters. The SMILES string of the molecule is CC1CCCCN1CCCNCC(C)(C)C(=O)O. The highest BCUT2D eigenvalue weighted by Crippen LogP contribution is 2.16. The van der Waals surface area contributed by atoms with E-state index >= 15 is 0 Å². The third-order valence-corrected chi connectivity index (χ3v) is 3.89. The van der Waals surface area contributed by atoms with E-state index < -0.39 is 11.4 Å². The molecule has 0 amide bonds. The molecule has 18 heavy (non-hydrogen) atoms. The molecule has 0 saturated carbocycles. The lowest BCUT2D eigenvalue weighted by Crippen LogP contribution is -2.40. The second kappa shape index (κ2) is 7.10. The van der Waals surface area contributed by atoms with Crippen LogP contribution in [0.15, 0.2) is 0 Å². The number of carboxylic acid groups (broad SMARTS) is 1. The molecule has 2 N–H and O–H groups in total. The quantitative estimate of drug-likeness (QED) is 0.684. The monoisotopic (exact) mass is 256 g/mol. The smallest absolute Gasteiger partial charge is 0.310 e. The molecular formula is C14H28N2O2. The summed E-state index contributed by atoms with van der Waals surface area (Å²) in [6.45, 7) is 9.62. The Morgan fingerprint density at radius 3 is 2.78 bits per heavy atom. The topological polar surface area (TPSA) is 52.6 Å². The Morgan fingerprint density at radius 2 is 2.17 bits per heavy atom. The van der Waals surface area contributed by atoms with E-state index in [9.17, 15) is 4.79 Å². The highest BCUT2D eigenvalue weighted by Gasteiger charge is 2.26. The van der Waals surface area contributed by atoms with E-state index in [4.69, 9.17) is 5.11 Å². The largest absolute Gasteiger partial charge is 0.481 e. The molecular weight excluding hydrogens is 228 g/mol. The van der Waals surface area contributed by atoms with Crippen LogP contribution >= 0.6 is 0 Å². The number of piperidine rings is 1. The molecule has 4 nitrogen and oxygen atoms in total. The van der Waals surface area contributed by atoms with Gasteiger partial charge in [0.15, 0.2) is 0 Å². The summed E-state index contributed by atoms with van der Waals surface area (Å²) in [7, 11) is 0. The minimum Gasteiger partial charge on any atom is -0.481 e. The lowest BCUT2D eigenvalue weighted by atomic mass is 9.94. The van der Waals surface area contributed by atoms with Crippen LogP contribution in [0.4, 0.5) is 0 Å². The number of likely N-dealkylation sites (tertiary alicyclic amines) is 1. The van der Waals surface area contributed by atoms with Gasteiger partial charge in [-0.05, 0) is 59.7 Å². The van der Waals surface area contributed by atoms with Gasteiger partial charge in [0.25, 0.3) is 0 Å². The average Bonchev–Trinajstić information content (AvgIpc) is 2.30. The number of nitrogens with zero attached hydrogens (tertiary/aromatic N) is 1. The van der Waals surface area contributed by atoms with Gasteiger partial charge >= 0.3 is 5.97 Å². The summed E-state index contributed by atoms with van der Waals surface area (Å²) in [4.78, 5) is 13.5. The summed E-state index contributed by atoms with van der Waals surface area (Å²) in [5, 5.41) is 12.2. The number of nitrogens with one attached hydrogen (secondary N) is 1. The molecule has 1 heterocycles. The van der Waals surface area contributed by atoms with E-state index in [1.807, 2.05) is 0 Å². The predicted octanol–water partition coefficient (Wildman–Crippen LogP) is 1.95. The minimum absolute atomic E-state index is 0.540. The molecule has 0 aromatic carbocycles. The number of carboxylic acids is 1. The first-order chi connectivity index (χ1) is 8.43. The van der Waals surface area contributed by atoms with Crippen LogP contribution in [0.2, 0.25) is 0 Å². The molecule has 0 bridgehead atoms. The summed E-state index contributed by atoms with van der Waals surface area (Å²) in [6, 6.07) is 0.717. The Bertz CT molecular complexity index is 267. The van der Waals surface area contributed by atoms with Gasteiger partial charge in [-0.15, -0.1) is 0 Å². The fourth-order valence-corrected chi connectivity index (χ4v) is 2.37. The van der Waals surface area contributed by atoms with Crippen molar-refractivity contribution in [3.63, 3.8) is 0 Å². The molecule has 0 aromatic heterocycles. The average molecular weight is 256 g/mol. The second-order valence-corrected chi connectivity index (χ2v) is 6.10. The normalized spacial score (nSPS) is 22.1. The molecule has 0 radical (unpaired) electrons. The van der Waals surface area contributed by atoms with Crippen LogP contribution in [-0.2, 0) is 4.79 Å². The van der Waals surface area contributed by atoms with Gasteiger partial charge in [-0.2, -0.15) is 0 Å². The number of carbonyl (C=O) groups is 1. The molecule has 1 aliphatic rings. The zero-order valence-corrected chi connectivity index (χ0v) is 12.0. The highest BCUT2D eigenvalue weighted by atomic mass is 16.4. The zero-order valence-electron chi connectivity index (χ0n) is 12.0. The van der Waals surface area contributed by atoms with E-state index in [2.05, 4.69) is 17.1 Å². The van der Waals surface area contributed by atoms with Gasteiger partial charge in [0.1, 0.15) is 0 Å². The second-order valence-electron chi connectivity index (χ2n) is 6.10. The first-order valence-electron chi connectivity index (χ1n) is 7.11.